The first kappa shape index (κ1) is 17.9. The van der Waals surface area contributed by atoms with Gasteiger partial charge < -0.3 is 39.4 Å². The summed E-state index contributed by atoms with van der Waals surface area (Å²) < 4.78 is 21.3. The predicted molar refractivity (Wildman–Crippen MR) is 81.3 cm³/mol. The molecule has 9 heteroatoms. The van der Waals surface area contributed by atoms with Gasteiger partial charge in [0.1, 0.15) is 30.2 Å². The summed E-state index contributed by atoms with van der Waals surface area (Å²) in [6.45, 7) is -0.566. The van der Waals surface area contributed by atoms with Gasteiger partial charge in [-0.25, -0.2) is 0 Å². The third-order valence-corrected chi connectivity index (χ3v) is 4.26. The van der Waals surface area contributed by atoms with Crippen LogP contribution in [0.4, 0.5) is 0 Å². The van der Waals surface area contributed by atoms with Crippen LogP contribution in [0.15, 0.2) is 12.1 Å². The van der Waals surface area contributed by atoms with Crippen LogP contribution in [0.1, 0.15) is 12.0 Å². The Balaban J connectivity index is 1.86. The molecule has 138 valence electrons. The van der Waals surface area contributed by atoms with Crippen LogP contribution in [0.2, 0.25) is 0 Å². The lowest BCUT2D eigenvalue weighted by Gasteiger charge is -2.39. The van der Waals surface area contributed by atoms with Gasteiger partial charge in [0.05, 0.1) is 20.1 Å². The maximum atomic E-state index is 11.4. The van der Waals surface area contributed by atoms with Gasteiger partial charge in [0.2, 0.25) is 6.29 Å². The Morgan fingerprint density at radius 3 is 2.56 bits per heavy atom. The SMILES string of the molecule is COc1cc2c(cc1O[C@@H]1O[C@H](CO)[C@@H](O)[C@H](O)[C@H]1O)OC(=O)CC2. The van der Waals surface area contributed by atoms with E-state index in [9.17, 15) is 25.2 Å². The lowest BCUT2D eigenvalue weighted by molar-refractivity contribution is -0.277. The van der Waals surface area contributed by atoms with Crippen molar-refractivity contribution in [3.63, 3.8) is 0 Å². The molecule has 0 radical (unpaired) electrons. The van der Waals surface area contributed by atoms with Crippen LogP contribution in [0, 0.1) is 0 Å². The molecule has 4 N–H and O–H groups in total. The van der Waals surface area contributed by atoms with Crippen LogP contribution in [0.25, 0.3) is 0 Å². The van der Waals surface area contributed by atoms with E-state index < -0.39 is 37.3 Å². The van der Waals surface area contributed by atoms with Crippen molar-refractivity contribution in [3.05, 3.63) is 17.7 Å². The zero-order valence-electron chi connectivity index (χ0n) is 13.5. The fraction of sp³-hybridized carbons (Fsp3) is 0.562. The Hall–Kier alpha value is -1.91. The molecular weight excluding hydrogens is 336 g/mol. The number of methoxy groups -OCH3 is 1. The van der Waals surface area contributed by atoms with Crippen molar-refractivity contribution in [1.29, 1.82) is 0 Å². The van der Waals surface area contributed by atoms with Gasteiger partial charge in [0.25, 0.3) is 0 Å². The third kappa shape index (κ3) is 3.42. The molecule has 9 nitrogen and oxygen atoms in total. The number of carbonyl (C=O) groups excluding carboxylic acids is 1. The molecule has 0 aliphatic carbocycles. The number of carbonyl (C=O) groups is 1. The van der Waals surface area contributed by atoms with Crippen molar-refractivity contribution < 1.29 is 44.2 Å². The summed E-state index contributed by atoms with van der Waals surface area (Å²) in [5.74, 6) is 0.405. The first-order chi connectivity index (χ1) is 11.9. The van der Waals surface area contributed by atoms with E-state index in [0.717, 1.165) is 5.56 Å². The molecule has 0 amide bonds. The van der Waals surface area contributed by atoms with Crippen molar-refractivity contribution in [1.82, 2.24) is 0 Å². The van der Waals surface area contributed by atoms with Gasteiger partial charge in [-0.2, -0.15) is 0 Å². The minimum atomic E-state index is -1.56. The zero-order chi connectivity index (χ0) is 18.1. The molecule has 1 fully saturated rings. The summed E-state index contributed by atoms with van der Waals surface area (Å²) >= 11 is 0. The van der Waals surface area contributed by atoms with Crippen LogP contribution in [-0.4, -0.2) is 70.8 Å². The minimum Gasteiger partial charge on any atom is -0.493 e. The van der Waals surface area contributed by atoms with Gasteiger partial charge in [-0.15, -0.1) is 0 Å². The number of aliphatic hydroxyl groups excluding tert-OH is 4. The van der Waals surface area contributed by atoms with Crippen LogP contribution < -0.4 is 14.2 Å². The second-order valence-electron chi connectivity index (χ2n) is 5.90. The molecule has 25 heavy (non-hydrogen) atoms. The molecule has 0 bridgehead atoms. The van der Waals surface area contributed by atoms with E-state index in [0.29, 0.717) is 17.9 Å². The number of aryl methyl sites for hydroxylation is 1. The molecule has 2 aliphatic heterocycles. The maximum Gasteiger partial charge on any atom is 0.311 e. The summed E-state index contributed by atoms with van der Waals surface area (Å²) in [5.41, 5.74) is 0.776. The highest BCUT2D eigenvalue weighted by Crippen LogP contribution is 2.39. The molecule has 1 aromatic carbocycles. The molecule has 0 spiro atoms. The second-order valence-corrected chi connectivity index (χ2v) is 5.90. The molecule has 0 aromatic heterocycles. The van der Waals surface area contributed by atoms with E-state index in [1.54, 1.807) is 6.07 Å². The van der Waals surface area contributed by atoms with Gasteiger partial charge in [0.15, 0.2) is 11.5 Å². The van der Waals surface area contributed by atoms with Gasteiger partial charge in [-0.1, -0.05) is 0 Å². The molecule has 0 saturated carbocycles. The number of hydrogen-bond acceptors (Lipinski definition) is 9. The van der Waals surface area contributed by atoms with Crippen LogP contribution in [-0.2, 0) is 16.0 Å². The van der Waals surface area contributed by atoms with Crippen LogP contribution in [0.3, 0.4) is 0 Å². The van der Waals surface area contributed by atoms with Crippen molar-refractivity contribution in [3.8, 4) is 17.2 Å². The first-order valence-corrected chi connectivity index (χ1v) is 7.83. The van der Waals surface area contributed by atoms with E-state index in [-0.39, 0.29) is 18.1 Å². The molecule has 2 heterocycles. The molecular formula is C16H20O9. The molecule has 5 atom stereocenters. The lowest BCUT2D eigenvalue weighted by atomic mass is 9.99. The summed E-state index contributed by atoms with van der Waals surface area (Å²) in [6.07, 6.45) is -6.27. The highest BCUT2D eigenvalue weighted by atomic mass is 16.7. The fourth-order valence-corrected chi connectivity index (χ4v) is 2.83. The van der Waals surface area contributed by atoms with Crippen molar-refractivity contribution in [2.45, 2.75) is 43.5 Å². The Morgan fingerprint density at radius 1 is 1.12 bits per heavy atom. The molecule has 1 saturated heterocycles. The Kier molecular flexibility index (Phi) is 5.11. The average Bonchev–Trinajstić information content (AvgIpc) is 2.61. The van der Waals surface area contributed by atoms with E-state index in [4.69, 9.17) is 18.9 Å². The lowest BCUT2D eigenvalue weighted by Crippen LogP contribution is -2.60. The number of esters is 1. The van der Waals surface area contributed by atoms with E-state index in [1.165, 1.54) is 13.2 Å². The number of ether oxygens (including phenoxy) is 4. The summed E-state index contributed by atoms with van der Waals surface area (Å²) in [6, 6.07) is 3.09. The molecule has 3 rings (SSSR count). The number of hydrogen-bond donors (Lipinski definition) is 4. The topological polar surface area (TPSA) is 135 Å². The number of rotatable bonds is 4. The second kappa shape index (κ2) is 7.14. The monoisotopic (exact) mass is 356 g/mol. The fourth-order valence-electron chi connectivity index (χ4n) is 2.83. The maximum absolute atomic E-state index is 11.4. The predicted octanol–water partition coefficient (Wildman–Crippen LogP) is -1.27. The minimum absolute atomic E-state index is 0.125. The molecule has 2 aliphatic rings. The van der Waals surface area contributed by atoms with Crippen LogP contribution in [0.5, 0.6) is 17.2 Å². The largest absolute Gasteiger partial charge is 0.493 e. The Labute approximate surface area is 143 Å². The number of fused-ring (bicyclic) bond motifs is 1. The molecule has 1 aromatic rings. The van der Waals surface area contributed by atoms with Crippen LogP contribution >= 0.6 is 0 Å². The van der Waals surface area contributed by atoms with E-state index in [2.05, 4.69) is 0 Å². The van der Waals surface area contributed by atoms with Gasteiger partial charge in [-0.05, 0) is 18.1 Å². The van der Waals surface area contributed by atoms with Gasteiger partial charge in [-0.3, -0.25) is 4.79 Å². The normalized spacial score (nSPS) is 31.9. The van der Waals surface area contributed by atoms with Crippen molar-refractivity contribution in [2.24, 2.45) is 0 Å². The van der Waals surface area contributed by atoms with Gasteiger partial charge >= 0.3 is 5.97 Å². The smallest absolute Gasteiger partial charge is 0.311 e. The van der Waals surface area contributed by atoms with Crippen molar-refractivity contribution >= 4 is 5.97 Å². The number of benzene rings is 1. The summed E-state index contributed by atoms with van der Waals surface area (Å²) in [5, 5.41) is 38.9. The van der Waals surface area contributed by atoms with E-state index >= 15 is 0 Å². The highest BCUT2D eigenvalue weighted by molar-refractivity contribution is 5.76. The number of aliphatic hydroxyl groups is 4. The van der Waals surface area contributed by atoms with E-state index in [1.807, 2.05) is 0 Å². The first-order valence-electron chi connectivity index (χ1n) is 7.83. The Bertz CT molecular complexity index is 645. The summed E-state index contributed by atoms with van der Waals surface area (Å²) in [7, 11) is 1.43. The Morgan fingerprint density at radius 2 is 1.88 bits per heavy atom. The highest BCUT2D eigenvalue weighted by Gasteiger charge is 2.45. The zero-order valence-corrected chi connectivity index (χ0v) is 13.5. The third-order valence-electron chi connectivity index (χ3n) is 4.26. The van der Waals surface area contributed by atoms with Gasteiger partial charge in [0, 0.05) is 6.07 Å². The average molecular weight is 356 g/mol. The van der Waals surface area contributed by atoms with Crippen molar-refractivity contribution in [2.75, 3.05) is 13.7 Å². The standard InChI is InChI=1S/C16H20O9/c1-22-9-4-7-2-3-12(18)23-8(7)5-10(9)24-16-15(21)14(20)13(19)11(6-17)25-16/h4-5,11,13-17,19-21H,2-3,6H2,1H3/t11-,13-,14+,15-,16-/m1/s1. The summed E-state index contributed by atoms with van der Waals surface area (Å²) in [4.78, 5) is 11.4. The molecule has 0 unspecified atom stereocenters. The quantitative estimate of drug-likeness (QED) is 0.384.